The molecule has 0 aromatic carbocycles. The molecule has 0 spiro atoms. The van der Waals surface area contributed by atoms with Gasteiger partial charge in [-0.25, -0.2) is 13.4 Å². The number of hydrogen-bond donors (Lipinski definition) is 1. The van der Waals surface area contributed by atoms with Crippen molar-refractivity contribution in [1.82, 2.24) is 4.98 Å². The molecule has 4 nitrogen and oxygen atoms in total. The smallest absolute Gasteiger partial charge is 0.276 e. The first-order valence-corrected chi connectivity index (χ1v) is 6.15. The third-order valence-electron chi connectivity index (χ3n) is 1.29. The van der Waals surface area contributed by atoms with E-state index in [9.17, 15) is 17.2 Å². The van der Waals surface area contributed by atoms with Gasteiger partial charge in [-0.15, -0.1) is 0 Å². The molecule has 1 aromatic heterocycles. The fourth-order valence-electron chi connectivity index (χ4n) is 0.692. The average molecular weight is 322 g/mol. The Morgan fingerprint density at radius 3 is 2.67 bits per heavy atom. The Kier molecular flexibility index (Phi) is 3.85. The van der Waals surface area contributed by atoms with Crippen LogP contribution in [0.15, 0.2) is 16.7 Å². The van der Waals surface area contributed by atoms with Crippen molar-refractivity contribution >= 4 is 43.2 Å². The second-order valence-corrected chi connectivity index (χ2v) is 5.32. The number of aromatic nitrogens is 1. The lowest BCUT2D eigenvalue weighted by atomic mass is 10.4. The minimum Gasteiger partial charge on any atom is -0.276 e. The zero-order valence-corrected chi connectivity index (χ0v) is 10.1. The Morgan fingerprint density at radius 2 is 2.13 bits per heavy atom. The highest BCUT2D eigenvalue weighted by molar-refractivity contribution is 9.10. The standard InChI is InChI=1S/C6H4BrClF2N2O2S/c7-3-1-4(5(8)11-2-3)12-15(13,14)6(9)10/h1-2,6,12H. The monoisotopic (exact) mass is 320 g/mol. The van der Waals surface area contributed by atoms with E-state index >= 15 is 0 Å². The lowest BCUT2D eigenvalue weighted by Gasteiger charge is -2.07. The van der Waals surface area contributed by atoms with E-state index in [0.29, 0.717) is 4.47 Å². The Balaban J connectivity index is 3.05. The molecule has 0 bridgehead atoms. The Morgan fingerprint density at radius 1 is 1.53 bits per heavy atom. The molecule has 1 rings (SSSR count). The molecule has 9 heteroatoms. The van der Waals surface area contributed by atoms with Crippen LogP contribution in [0, 0.1) is 0 Å². The normalized spacial score (nSPS) is 11.8. The summed E-state index contributed by atoms with van der Waals surface area (Å²) < 4.78 is 47.7. The molecule has 1 heterocycles. The van der Waals surface area contributed by atoms with E-state index in [4.69, 9.17) is 11.6 Å². The van der Waals surface area contributed by atoms with Crippen LogP contribution < -0.4 is 4.72 Å². The minimum atomic E-state index is -4.72. The van der Waals surface area contributed by atoms with Gasteiger partial charge in [0.1, 0.15) is 0 Å². The van der Waals surface area contributed by atoms with Gasteiger partial charge in [0.15, 0.2) is 5.15 Å². The molecular formula is C6H4BrClF2N2O2S. The summed E-state index contributed by atoms with van der Waals surface area (Å²) in [4.78, 5) is 3.57. The fourth-order valence-corrected chi connectivity index (χ4v) is 1.78. The molecule has 0 aliphatic carbocycles. The molecule has 0 amide bonds. The number of sulfonamides is 1. The second kappa shape index (κ2) is 4.58. The van der Waals surface area contributed by atoms with Crippen LogP contribution in [0.2, 0.25) is 5.15 Å². The van der Waals surface area contributed by atoms with Crippen LogP contribution in [-0.4, -0.2) is 19.2 Å². The van der Waals surface area contributed by atoms with Gasteiger partial charge in [-0.2, -0.15) is 8.78 Å². The zero-order chi connectivity index (χ0) is 11.6. The largest absolute Gasteiger partial charge is 0.355 e. The SMILES string of the molecule is O=S(=O)(Nc1cc(Br)cnc1Cl)C(F)F. The lowest BCUT2D eigenvalue weighted by molar-refractivity contribution is 0.236. The molecule has 1 aromatic rings. The average Bonchev–Trinajstić information content (AvgIpc) is 2.10. The summed E-state index contributed by atoms with van der Waals surface area (Å²) in [5.74, 6) is -3.52. The topological polar surface area (TPSA) is 59.1 Å². The fraction of sp³-hybridized carbons (Fsp3) is 0.167. The van der Waals surface area contributed by atoms with Crippen LogP contribution in [0.5, 0.6) is 0 Å². The van der Waals surface area contributed by atoms with Crippen LogP contribution in [-0.2, 0) is 10.0 Å². The van der Waals surface area contributed by atoms with Crippen molar-refractivity contribution in [2.24, 2.45) is 0 Å². The number of nitrogens with one attached hydrogen (secondary N) is 1. The maximum atomic E-state index is 12.0. The molecule has 0 atom stereocenters. The summed E-state index contributed by atoms with van der Waals surface area (Å²) in [7, 11) is -4.72. The molecule has 0 saturated heterocycles. The number of nitrogens with zero attached hydrogens (tertiary/aromatic N) is 1. The maximum Gasteiger partial charge on any atom is 0.355 e. The van der Waals surface area contributed by atoms with Crippen molar-refractivity contribution in [1.29, 1.82) is 0 Å². The first-order valence-electron chi connectivity index (χ1n) is 3.44. The lowest BCUT2D eigenvalue weighted by Crippen LogP contribution is -2.20. The predicted octanol–water partition coefficient (Wildman–Crippen LogP) is 2.46. The molecule has 0 radical (unpaired) electrons. The molecule has 1 N–H and O–H groups in total. The van der Waals surface area contributed by atoms with Crippen LogP contribution in [0.3, 0.4) is 0 Å². The van der Waals surface area contributed by atoms with Gasteiger partial charge in [0, 0.05) is 10.7 Å². The van der Waals surface area contributed by atoms with E-state index in [1.165, 1.54) is 12.3 Å². The van der Waals surface area contributed by atoms with Crippen molar-refractivity contribution in [3.8, 4) is 0 Å². The molecular weight excluding hydrogens is 317 g/mol. The Labute approximate surface area is 97.8 Å². The van der Waals surface area contributed by atoms with Gasteiger partial charge < -0.3 is 0 Å². The minimum absolute atomic E-state index is 0.202. The summed E-state index contributed by atoms with van der Waals surface area (Å²) in [6.45, 7) is 0. The highest BCUT2D eigenvalue weighted by atomic mass is 79.9. The van der Waals surface area contributed by atoms with E-state index in [1.54, 1.807) is 4.72 Å². The number of pyridine rings is 1. The third-order valence-corrected chi connectivity index (χ3v) is 3.00. The quantitative estimate of drug-likeness (QED) is 0.870. The van der Waals surface area contributed by atoms with E-state index in [1.807, 2.05) is 0 Å². The van der Waals surface area contributed by atoms with Crippen molar-refractivity contribution in [2.75, 3.05) is 4.72 Å². The van der Waals surface area contributed by atoms with Crippen molar-refractivity contribution in [3.63, 3.8) is 0 Å². The van der Waals surface area contributed by atoms with Crippen LogP contribution in [0.1, 0.15) is 0 Å². The molecule has 0 fully saturated rings. The maximum absolute atomic E-state index is 12.0. The van der Waals surface area contributed by atoms with E-state index in [-0.39, 0.29) is 10.8 Å². The van der Waals surface area contributed by atoms with Crippen LogP contribution in [0.25, 0.3) is 0 Å². The highest BCUT2D eigenvalue weighted by Gasteiger charge is 2.24. The van der Waals surface area contributed by atoms with E-state index in [2.05, 4.69) is 20.9 Å². The van der Waals surface area contributed by atoms with E-state index in [0.717, 1.165) is 0 Å². The number of alkyl halides is 2. The molecule has 84 valence electrons. The van der Waals surface area contributed by atoms with Crippen molar-refractivity contribution in [2.45, 2.75) is 5.76 Å². The predicted molar refractivity (Wildman–Crippen MR) is 55.5 cm³/mol. The Hall–Kier alpha value is -0.470. The van der Waals surface area contributed by atoms with Gasteiger partial charge in [-0.1, -0.05) is 11.6 Å². The molecule has 0 aliphatic heterocycles. The number of halogens is 4. The third kappa shape index (κ3) is 3.25. The first kappa shape index (κ1) is 12.6. The summed E-state index contributed by atoms with van der Waals surface area (Å²) in [5.41, 5.74) is -0.202. The van der Waals surface area contributed by atoms with Crippen molar-refractivity contribution in [3.05, 3.63) is 21.9 Å². The number of rotatable bonds is 3. The van der Waals surface area contributed by atoms with Gasteiger partial charge in [0.2, 0.25) is 0 Å². The number of anilines is 1. The summed E-state index contributed by atoms with van der Waals surface area (Å²) in [6, 6.07) is 1.23. The molecule has 0 saturated carbocycles. The molecule has 0 unspecified atom stereocenters. The molecule has 0 aliphatic rings. The van der Waals surface area contributed by atoms with Crippen molar-refractivity contribution < 1.29 is 17.2 Å². The first-order chi connectivity index (χ1) is 6.83. The van der Waals surface area contributed by atoms with Crippen LogP contribution >= 0.6 is 27.5 Å². The Bertz CT molecular complexity index is 468. The summed E-state index contributed by atoms with van der Waals surface area (Å²) >= 11 is 8.50. The van der Waals surface area contributed by atoms with E-state index < -0.39 is 15.8 Å². The van der Waals surface area contributed by atoms with Gasteiger partial charge in [-0.05, 0) is 22.0 Å². The van der Waals surface area contributed by atoms with Gasteiger partial charge in [-0.3, -0.25) is 4.72 Å². The summed E-state index contributed by atoms with van der Waals surface area (Å²) in [5, 5.41) is -0.206. The number of hydrogen-bond acceptors (Lipinski definition) is 3. The van der Waals surface area contributed by atoms with Gasteiger partial charge >= 0.3 is 5.76 Å². The van der Waals surface area contributed by atoms with Gasteiger partial charge in [0.05, 0.1) is 5.69 Å². The van der Waals surface area contributed by atoms with Crippen LogP contribution in [0.4, 0.5) is 14.5 Å². The van der Waals surface area contributed by atoms with Gasteiger partial charge in [0.25, 0.3) is 10.0 Å². The highest BCUT2D eigenvalue weighted by Crippen LogP contribution is 2.24. The molecule has 15 heavy (non-hydrogen) atoms. The summed E-state index contributed by atoms with van der Waals surface area (Å²) in [6.07, 6.45) is 1.31. The zero-order valence-electron chi connectivity index (χ0n) is 6.92. The second-order valence-electron chi connectivity index (χ2n) is 2.40.